The maximum atomic E-state index is 6.21. The zero-order chi connectivity index (χ0) is 10.8. The third kappa shape index (κ3) is 2.17. The lowest BCUT2D eigenvalue weighted by atomic mass is 9.99. The van der Waals surface area contributed by atoms with Crippen molar-refractivity contribution in [3.05, 3.63) is 17.8 Å². The summed E-state index contributed by atoms with van der Waals surface area (Å²) in [5.41, 5.74) is 7.49. The number of nitrogens with zero attached hydrogens (tertiary/aromatic N) is 1. The van der Waals surface area contributed by atoms with E-state index in [1.165, 1.54) is 17.8 Å². The highest BCUT2D eigenvalue weighted by atomic mass is 15.1. The minimum Gasteiger partial charge on any atom is -0.371 e. The molecule has 2 rings (SSSR count). The zero-order valence-electron chi connectivity index (χ0n) is 9.66. The molecule has 3 N–H and O–H groups in total. The van der Waals surface area contributed by atoms with Crippen LogP contribution in [0.3, 0.4) is 0 Å². The van der Waals surface area contributed by atoms with E-state index in [1.54, 1.807) is 0 Å². The average molecular weight is 207 g/mol. The Hall–Kier alpha value is -0.960. The van der Waals surface area contributed by atoms with Crippen molar-refractivity contribution in [1.29, 1.82) is 0 Å². The molecule has 3 heteroatoms. The van der Waals surface area contributed by atoms with Gasteiger partial charge in [0.1, 0.15) is 5.82 Å². The van der Waals surface area contributed by atoms with Gasteiger partial charge in [-0.2, -0.15) is 0 Å². The molecule has 0 saturated carbocycles. The molecule has 1 aliphatic heterocycles. The van der Waals surface area contributed by atoms with Gasteiger partial charge in [-0.3, -0.25) is 0 Å². The Kier molecular flexibility index (Phi) is 3.00. The fraction of sp³-hybridized carbons (Fsp3) is 0.667. The first-order valence-electron chi connectivity index (χ1n) is 5.87. The second-order valence-corrected chi connectivity index (χ2v) is 4.83. The van der Waals surface area contributed by atoms with Gasteiger partial charge in [-0.05, 0) is 24.8 Å². The van der Waals surface area contributed by atoms with E-state index in [1.807, 2.05) is 0 Å². The average Bonchev–Trinajstić information content (AvgIpc) is 2.59. The summed E-state index contributed by atoms with van der Waals surface area (Å²) >= 11 is 0. The van der Waals surface area contributed by atoms with Gasteiger partial charge in [0.15, 0.2) is 0 Å². The van der Waals surface area contributed by atoms with E-state index in [9.17, 15) is 0 Å². The van der Waals surface area contributed by atoms with Gasteiger partial charge < -0.3 is 15.6 Å². The van der Waals surface area contributed by atoms with Crippen molar-refractivity contribution in [3.8, 4) is 0 Å². The number of nitrogens with one attached hydrogen (secondary N) is 1. The van der Waals surface area contributed by atoms with Crippen molar-refractivity contribution in [3.63, 3.8) is 0 Å². The monoisotopic (exact) mass is 207 g/mol. The van der Waals surface area contributed by atoms with Crippen LogP contribution in [0.5, 0.6) is 0 Å². The van der Waals surface area contributed by atoms with E-state index in [-0.39, 0.29) is 6.04 Å². The van der Waals surface area contributed by atoms with Crippen molar-refractivity contribution in [1.82, 2.24) is 4.57 Å². The molecule has 84 valence electrons. The van der Waals surface area contributed by atoms with Crippen LogP contribution in [0.1, 0.15) is 38.3 Å². The van der Waals surface area contributed by atoms with Crippen LogP contribution in [-0.2, 0) is 6.54 Å². The molecule has 2 heterocycles. The van der Waals surface area contributed by atoms with Crippen molar-refractivity contribution in [2.24, 2.45) is 11.7 Å². The summed E-state index contributed by atoms with van der Waals surface area (Å²) in [6.07, 6.45) is 4.41. The fourth-order valence-corrected chi connectivity index (χ4v) is 2.27. The van der Waals surface area contributed by atoms with Crippen LogP contribution < -0.4 is 11.1 Å². The van der Waals surface area contributed by atoms with Gasteiger partial charge in [0.25, 0.3) is 0 Å². The summed E-state index contributed by atoms with van der Waals surface area (Å²) in [5.74, 6) is 1.90. The van der Waals surface area contributed by atoms with Crippen LogP contribution in [0, 0.1) is 5.92 Å². The number of rotatable bonds is 3. The molecule has 0 spiro atoms. The lowest BCUT2D eigenvalue weighted by molar-refractivity contribution is 0.508. The molecule has 1 atom stereocenters. The Balaban J connectivity index is 2.17. The smallest absolute Gasteiger partial charge is 0.110 e. The number of hydrogen-bond acceptors (Lipinski definition) is 2. The molecular formula is C12H21N3. The predicted octanol–water partition coefficient (Wildman–Crippen LogP) is 2.35. The largest absolute Gasteiger partial charge is 0.371 e. The lowest BCUT2D eigenvalue weighted by Crippen LogP contribution is -2.20. The maximum Gasteiger partial charge on any atom is 0.110 e. The molecule has 0 bridgehead atoms. The molecule has 15 heavy (non-hydrogen) atoms. The minimum atomic E-state index is 0.173. The van der Waals surface area contributed by atoms with E-state index in [0.717, 1.165) is 19.5 Å². The summed E-state index contributed by atoms with van der Waals surface area (Å²) in [6, 6.07) is 2.34. The van der Waals surface area contributed by atoms with Crippen LogP contribution in [0.25, 0.3) is 0 Å². The SMILES string of the molecule is CC(C)CC(N)c1ccn2c1NCCC2. The highest BCUT2D eigenvalue weighted by Crippen LogP contribution is 2.29. The first-order valence-corrected chi connectivity index (χ1v) is 5.87. The number of fused-ring (bicyclic) bond motifs is 1. The number of hydrogen-bond donors (Lipinski definition) is 2. The molecule has 1 aliphatic rings. The normalized spacial score (nSPS) is 17.3. The van der Waals surface area contributed by atoms with Crippen LogP contribution in [0.2, 0.25) is 0 Å². The maximum absolute atomic E-state index is 6.21. The van der Waals surface area contributed by atoms with Crippen molar-refractivity contribution >= 4 is 5.82 Å². The molecule has 1 aromatic rings. The highest BCUT2D eigenvalue weighted by molar-refractivity contribution is 5.49. The minimum absolute atomic E-state index is 0.173. The predicted molar refractivity (Wildman–Crippen MR) is 63.9 cm³/mol. The molecular weight excluding hydrogens is 186 g/mol. The second-order valence-electron chi connectivity index (χ2n) is 4.83. The van der Waals surface area contributed by atoms with Gasteiger partial charge in [0, 0.05) is 30.9 Å². The van der Waals surface area contributed by atoms with E-state index in [0.29, 0.717) is 5.92 Å². The quantitative estimate of drug-likeness (QED) is 0.799. The summed E-state index contributed by atoms with van der Waals surface area (Å²) in [6.45, 7) is 6.63. The summed E-state index contributed by atoms with van der Waals surface area (Å²) in [5, 5.41) is 3.45. The molecule has 0 fully saturated rings. The fourth-order valence-electron chi connectivity index (χ4n) is 2.27. The van der Waals surface area contributed by atoms with Gasteiger partial charge in [0.05, 0.1) is 0 Å². The molecule has 3 nitrogen and oxygen atoms in total. The Morgan fingerprint density at radius 2 is 2.33 bits per heavy atom. The Morgan fingerprint density at radius 1 is 1.53 bits per heavy atom. The van der Waals surface area contributed by atoms with E-state index < -0.39 is 0 Å². The van der Waals surface area contributed by atoms with E-state index >= 15 is 0 Å². The first kappa shape index (κ1) is 10.6. The summed E-state index contributed by atoms with van der Waals surface area (Å²) < 4.78 is 2.28. The molecule has 0 aromatic carbocycles. The molecule has 0 saturated heterocycles. The van der Waals surface area contributed by atoms with Crippen molar-refractivity contribution in [2.45, 2.75) is 39.3 Å². The zero-order valence-corrected chi connectivity index (χ0v) is 9.66. The van der Waals surface area contributed by atoms with Crippen LogP contribution in [0.4, 0.5) is 5.82 Å². The second kappa shape index (κ2) is 4.27. The van der Waals surface area contributed by atoms with Crippen LogP contribution in [0.15, 0.2) is 12.3 Å². The van der Waals surface area contributed by atoms with E-state index in [2.05, 4.69) is 36.0 Å². The lowest BCUT2D eigenvalue weighted by Gasteiger charge is -2.21. The number of anilines is 1. The van der Waals surface area contributed by atoms with Gasteiger partial charge in [-0.15, -0.1) is 0 Å². The van der Waals surface area contributed by atoms with E-state index in [4.69, 9.17) is 5.73 Å². The molecule has 1 aromatic heterocycles. The van der Waals surface area contributed by atoms with Gasteiger partial charge in [-0.25, -0.2) is 0 Å². The number of aryl methyl sites for hydroxylation is 1. The summed E-state index contributed by atoms with van der Waals surface area (Å²) in [7, 11) is 0. The Morgan fingerprint density at radius 3 is 3.07 bits per heavy atom. The highest BCUT2D eigenvalue weighted by Gasteiger charge is 2.18. The molecule has 0 radical (unpaired) electrons. The third-order valence-corrected chi connectivity index (χ3v) is 2.99. The molecule has 0 aliphatic carbocycles. The number of nitrogens with two attached hydrogens (primary N) is 1. The van der Waals surface area contributed by atoms with Gasteiger partial charge >= 0.3 is 0 Å². The third-order valence-electron chi connectivity index (χ3n) is 2.99. The van der Waals surface area contributed by atoms with Crippen LogP contribution >= 0.6 is 0 Å². The number of aromatic nitrogens is 1. The Bertz CT molecular complexity index is 328. The van der Waals surface area contributed by atoms with Gasteiger partial charge in [-0.1, -0.05) is 13.8 Å². The van der Waals surface area contributed by atoms with Crippen LogP contribution in [-0.4, -0.2) is 11.1 Å². The standard InChI is InChI=1S/C12H21N3/c1-9(2)8-11(13)10-4-7-15-6-3-5-14-12(10)15/h4,7,9,11,14H,3,5-6,8,13H2,1-2H3. The molecule has 0 amide bonds. The van der Waals surface area contributed by atoms with Crippen molar-refractivity contribution < 1.29 is 0 Å². The Labute approximate surface area is 91.7 Å². The molecule has 1 unspecified atom stereocenters. The summed E-state index contributed by atoms with van der Waals surface area (Å²) in [4.78, 5) is 0. The van der Waals surface area contributed by atoms with Crippen molar-refractivity contribution in [2.75, 3.05) is 11.9 Å². The van der Waals surface area contributed by atoms with Gasteiger partial charge in [0.2, 0.25) is 0 Å². The first-order chi connectivity index (χ1) is 7.18. The topological polar surface area (TPSA) is 43.0 Å².